The predicted molar refractivity (Wildman–Crippen MR) is 83.7 cm³/mol. The highest BCUT2D eigenvalue weighted by atomic mass is 16.3. The summed E-state index contributed by atoms with van der Waals surface area (Å²) in [5.74, 6) is 0. The Balaban J connectivity index is 2.21. The van der Waals surface area contributed by atoms with Crippen LogP contribution < -0.4 is 0 Å². The van der Waals surface area contributed by atoms with E-state index in [0.29, 0.717) is 0 Å². The number of hydrogen-bond donors (Lipinski definition) is 1. The second-order valence-corrected chi connectivity index (χ2v) is 7.07. The van der Waals surface area contributed by atoms with Crippen molar-refractivity contribution in [2.45, 2.75) is 53.1 Å². The number of aliphatic hydroxyl groups excluding tert-OH is 1. The third-order valence-electron chi connectivity index (χ3n) is 4.53. The van der Waals surface area contributed by atoms with Gasteiger partial charge in [-0.05, 0) is 37.7 Å². The summed E-state index contributed by atoms with van der Waals surface area (Å²) in [6, 6.07) is 2.14. The Labute approximate surface area is 126 Å². The fraction of sp³-hybridized carbons (Fsp3) is 0.588. The van der Waals surface area contributed by atoms with Crippen LogP contribution in [0.25, 0.3) is 5.69 Å². The first-order valence-corrected chi connectivity index (χ1v) is 7.74. The van der Waals surface area contributed by atoms with Gasteiger partial charge in [0.05, 0.1) is 17.5 Å². The number of aryl methyl sites for hydroxylation is 3. The maximum Gasteiger partial charge on any atom is 0.0870 e. The quantitative estimate of drug-likeness (QED) is 0.922. The van der Waals surface area contributed by atoms with Crippen molar-refractivity contribution in [1.29, 1.82) is 0 Å². The zero-order chi connectivity index (χ0) is 15.4. The number of aromatic nitrogens is 3. The van der Waals surface area contributed by atoms with Gasteiger partial charge in [-0.3, -0.25) is 4.68 Å². The van der Waals surface area contributed by atoms with Crippen LogP contribution in [0, 0.1) is 12.3 Å². The highest BCUT2D eigenvalue weighted by Gasteiger charge is 2.34. The molecule has 0 saturated heterocycles. The third kappa shape index (κ3) is 2.31. The van der Waals surface area contributed by atoms with Gasteiger partial charge in [-0.1, -0.05) is 20.8 Å². The first-order chi connectivity index (χ1) is 9.82. The Kier molecular flexibility index (Phi) is 3.24. The summed E-state index contributed by atoms with van der Waals surface area (Å²) in [7, 11) is 1.97. The summed E-state index contributed by atoms with van der Waals surface area (Å²) < 4.78 is 4.18. The van der Waals surface area contributed by atoms with E-state index in [1.54, 1.807) is 0 Å². The minimum absolute atomic E-state index is 0.129. The summed E-state index contributed by atoms with van der Waals surface area (Å²) in [5.41, 5.74) is 5.92. The molecule has 1 aliphatic rings. The molecule has 21 heavy (non-hydrogen) atoms. The summed E-state index contributed by atoms with van der Waals surface area (Å²) in [4.78, 5) is 0. The first kappa shape index (κ1) is 14.4. The molecule has 0 saturated carbocycles. The number of rotatable bonds is 2. The van der Waals surface area contributed by atoms with Crippen molar-refractivity contribution in [3.05, 3.63) is 34.9 Å². The van der Waals surface area contributed by atoms with E-state index in [4.69, 9.17) is 0 Å². The molecule has 1 atom stereocenters. The van der Waals surface area contributed by atoms with E-state index in [1.807, 2.05) is 11.7 Å². The Morgan fingerprint density at radius 1 is 1.43 bits per heavy atom. The molecule has 2 aromatic heterocycles. The summed E-state index contributed by atoms with van der Waals surface area (Å²) in [5, 5.41) is 15.0. The van der Waals surface area contributed by atoms with E-state index < -0.39 is 0 Å². The SMILES string of the molecule is CCc1nn(C)cc1-n1c(C)cc2c1CC(C)(C)CC2O. The van der Waals surface area contributed by atoms with Crippen LogP contribution in [-0.4, -0.2) is 19.5 Å². The van der Waals surface area contributed by atoms with Gasteiger partial charge >= 0.3 is 0 Å². The largest absolute Gasteiger partial charge is 0.388 e. The van der Waals surface area contributed by atoms with Crippen molar-refractivity contribution in [2.75, 3.05) is 0 Å². The average Bonchev–Trinajstić information content (AvgIpc) is 2.88. The van der Waals surface area contributed by atoms with Crippen LogP contribution in [0.4, 0.5) is 0 Å². The molecule has 4 heteroatoms. The smallest absolute Gasteiger partial charge is 0.0870 e. The molecule has 0 bridgehead atoms. The van der Waals surface area contributed by atoms with Gasteiger partial charge < -0.3 is 9.67 Å². The van der Waals surface area contributed by atoms with Crippen LogP contribution in [0.5, 0.6) is 0 Å². The van der Waals surface area contributed by atoms with Crippen molar-refractivity contribution in [3.8, 4) is 5.69 Å². The molecule has 0 aliphatic heterocycles. The molecule has 3 rings (SSSR count). The molecule has 0 spiro atoms. The van der Waals surface area contributed by atoms with E-state index >= 15 is 0 Å². The number of hydrogen-bond acceptors (Lipinski definition) is 2. The second kappa shape index (κ2) is 4.73. The summed E-state index contributed by atoms with van der Waals surface area (Å²) in [6.07, 6.45) is 4.46. The standard InChI is InChI=1S/C17H25N3O/c1-6-13-15(10-19(5)18-13)20-11(2)7-12-14(20)8-17(3,4)9-16(12)21/h7,10,16,21H,6,8-9H2,1-5H3. The molecule has 0 fully saturated rings. The molecule has 1 N–H and O–H groups in total. The van der Waals surface area contributed by atoms with Crippen LogP contribution in [0.15, 0.2) is 12.3 Å². The van der Waals surface area contributed by atoms with Gasteiger partial charge in [0.1, 0.15) is 0 Å². The molecule has 0 aromatic carbocycles. The number of nitrogens with zero attached hydrogens (tertiary/aromatic N) is 3. The van der Waals surface area contributed by atoms with Crippen LogP contribution in [0.3, 0.4) is 0 Å². The van der Waals surface area contributed by atoms with E-state index in [9.17, 15) is 5.11 Å². The Morgan fingerprint density at radius 3 is 2.81 bits per heavy atom. The molecule has 1 unspecified atom stereocenters. The van der Waals surface area contributed by atoms with Gasteiger partial charge in [-0.15, -0.1) is 0 Å². The van der Waals surface area contributed by atoms with Gasteiger partial charge in [-0.2, -0.15) is 5.10 Å². The minimum atomic E-state index is -0.356. The number of aliphatic hydroxyl groups is 1. The van der Waals surface area contributed by atoms with Crippen LogP contribution in [0.2, 0.25) is 0 Å². The van der Waals surface area contributed by atoms with Gasteiger partial charge in [0, 0.05) is 30.2 Å². The highest BCUT2D eigenvalue weighted by molar-refractivity contribution is 5.45. The van der Waals surface area contributed by atoms with Gasteiger partial charge in [0.25, 0.3) is 0 Å². The predicted octanol–water partition coefficient (Wildman–Crippen LogP) is 3.09. The fourth-order valence-electron chi connectivity index (χ4n) is 3.64. The Hall–Kier alpha value is -1.55. The topological polar surface area (TPSA) is 43.0 Å². The van der Waals surface area contributed by atoms with E-state index in [1.165, 1.54) is 11.4 Å². The lowest BCUT2D eigenvalue weighted by atomic mass is 9.75. The summed E-state index contributed by atoms with van der Waals surface area (Å²) >= 11 is 0. The molecular formula is C17H25N3O. The van der Waals surface area contributed by atoms with Gasteiger partial charge in [0.15, 0.2) is 0 Å². The zero-order valence-electron chi connectivity index (χ0n) is 13.6. The molecule has 1 aliphatic carbocycles. The van der Waals surface area contributed by atoms with Gasteiger partial charge in [-0.25, -0.2) is 0 Å². The fourth-order valence-corrected chi connectivity index (χ4v) is 3.64. The van der Waals surface area contributed by atoms with E-state index in [2.05, 4.69) is 49.6 Å². The van der Waals surface area contributed by atoms with Crippen LogP contribution in [-0.2, 0) is 19.9 Å². The number of fused-ring (bicyclic) bond motifs is 1. The molecule has 4 nitrogen and oxygen atoms in total. The van der Waals surface area contributed by atoms with Crippen molar-refractivity contribution in [2.24, 2.45) is 12.5 Å². The third-order valence-corrected chi connectivity index (χ3v) is 4.53. The van der Waals surface area contributed by atoms with Crippen LogP contribution in [0.1, 0.15) is 55.9 Å². The minimum Gasteiger partial charge on any atom is -0.388 e. The second-order valence-electron chi connectivity index (χ2n) is 7.07. The van der Waals surface area contributed by atoms with Gasteiger partial charge in [0.2, 0.25) is 0 Å². The highest BCUT2D eigenvalue weighted by Crippen LogP contribution is 2.43. The van der Waals surface area contributed by atoms with E-state index in [-0.39, 0.29) is 11.5 Å². The first-order valence-electron chi connectivity index (χ1n) is 7.74. The lowest BCUT2D eigenvalue weighted by Gasteiger charge is -2.34. The Bertz CT molecular complexity index is 679. The molecule has 114 valence electrons. The Morgan fingerprint density at radius 2 is 2.14 bits per heavy atom. The molecule has 2 aromatic rings. The molecule has 2 heterocycles. The monoisotopic (exact) mass is 287 g/mol. The lowest BCUT2D eigenvalue weighted by molar-refractivity contribution is 0.0987. The van der Waals surface area contributed by atoms with Crippen molar-refractivity contribution >= 4 is 0 Å². The van der Waals surface area contributed by atoms with Crippen molar-refractivity contribution in [3.63, 3.8) is 0 Å². The van der Waals surface area contributed by atoms with E-state index in [0.717, 1.165) is 36.2 Å². The molecule has 0 amide bonds. The molecule has 0 radical (unpaired) electrons. The van der Waals surface area contributed by atoms with Crippen molar-refractivity contribution in [1.82, 2.24) is 14.3 Å². The maximum absolute atomic E-state index is 10.5. The van der Waals surface area contributed by atoms with Crippen LogP contribution >= 0.6 is 0 Å². The normalized spacial score (nSPS) is 20.6. The maximum atomic E-state index is 10.5. The summed E-state index contributed by atoms with van der Waals surface area (Å²) in [6.45, 7) is 8.71. The van der Waals surface area contributed by atoms with Crippen molar-refractivity contribution < 1.29 is 5.11 Å². The zero-order valence-corrected chi connectivity index (χ0v) is 13.6. The average molecular weight is 287 g/mol. The lowest BCUT2D eigenvalue weighted by Crippen LogP contribution is -2.26. The molecular weight excluding hydrogens is 262 g/mol.